The molecule has 0 aliphatic carbocycles. The third kappa shape index (κ3) is 17.6. The molecular formula is C60H76F3IN2O6. The van der Waals surface area contributed by atoms with Crippen molar-refractivity contribution in [1.82, 2.24) is 9.97 Å². The van der Waals surface area contributed by atoms with E-state index in [4.69, 9.17) is 14.2 Å². The molecule has 0 saturated heterocycles. The van der Waals surface area contributed by atoms with Crippen LogP contribution in [0.15, 0.2) is 115 Å². The van der Waals surface area contributed by atoms with Crippen molar-refractivity contribution < 1.29 is 42.1 Å². The quantitative estimate of drug-likeness (QED) is 0.0656. The molecule has 7 rings (SSSR count). The first-order chi connectivity index (χ1) is 33.9. The van der Waals surface area contributed by atoms with Crippen molar-refractivity contribution in [2.75, 3.05) is 26.3 Å². The van der Waals surface area contributed by atoms with Crippen molar-refractivity contribution >= 4 is 56.0 Å². The molecule has 0 aliphatic heterocycles. The predicted octanol–water partition coefficient (Wildman–Crippen LogP) is 15.5. The Morgan fingerprint density at radius 2 is 0.986 bits per heavy atom. The Balaban J connectivity index is 0.000000265. The lowest BCUT2D eigenvalue weighted by Gasteiger charge is -2.36. The van der Waals surface area contributed by atoms with E-state index in [1.54, 1.807) is 39.5 Å². The van der Waals surface area contributed by atoms with Gasteiger partial charge >= 0.3 is 0 Å². The number of benzene rings is 5. The van der Waals surface area contributed by atoms with Crippen molar-refractivity contribution in [2.24, 2.45) is 0 Å². The second-order valence-corrected chi connectivity index (χ2v) is 20.0. The molecule has 2 aromatic heterocycles. The largest absolute Gasteiger partial charge is 0.496 e. The zero-order valence-electron chi connectivity index (χ0n) is 44.7. The number of aromatic nitrogens is 2. The number of halogens is 4. The van der Waals surface area contributed by atoms with Gasteiger partial charge in [-0.2, -0.15) is 0 Å². The molecule has 3 N–H and O–H groups in total. The van der Waals surface area contributed by atoms with Gasteiger partial charge in [0.05, 0.1) is 26.9 Å². The minimum Gasteiger partial charge on any atom is -0.496 e. The van der Waals surface area contributed by atoms with E-state index in [2.05, 4.69) is 75.9 Å². The number of aryl methyl sites for hydroxylation is 1. The van der Waals surface area contributed by atoms with Gasteiger partial charge in [0.1, 0.15) is 46.3 Å². The van der Waals surface area contributed by atoms with Crippen molar-refractivity contribution in [2.45, 2.75) is 130 Å². The van der Waals surface area contributed by atoms with Crippen molar-refractivity contribution in [3.63, 3.8) is 0 Å². The maximum absolute atomic E-state index is 13.9. The van der Waals surface area contributed by atoms with Crippen molar-refractivity contribution in [1.29, 1.82) is 0 Å². The van der Waals surface area contributed by atoms with Crippen LogP contribution in [-0.4, -0.2) is 58.5 Å². The second-order valence-electron chi connectivity index (χ2n) is 20.0. The molecule has 0 radical (unpaired) electrons. The van der Waals surface area contributed by atoms with E-state index in [1.165, 1.54) is 59.9 Å². The average molecular weight is 1110 g/mol. The highest BCUT2D eigenvalue weighted by molar-refractivity contribution is 14.1. The van der Waals surface area contributed by atoms with Gasteiger partial charge in [0.2, 0.25) is 0 Å². The number of methoxy groups -OCH3 is 3. The maximum Gasteiger partial charge on any atom is 0.133 e. The number of aliphatic hydroxyl groups is 1. The normalized spacial score (nSPS) is 12.1. The van der Waals surface area contributed by atoms with Crippen molar-refractivity contribution in [3.8, 4) is 17.2 Å². The van der Waals surface area contributed by atoms with Crippen LogP contribution < -0.4 is 14.2 Å². The zero-order chi connectivity index (χ0) is 54.0. The van der Waals surface area contributed by atoms with E-state index in [9.17, 15) is 27.9 Å². The molecule has 5 aromatic carbocycles. The monoisotopic (exact) mass is 1100 g/mol. The van der Waals surface area contributed by atoms with Crippen molar-refractivity contribution in [3.05, 3.63) is 161 Å². The van der Waals surface area contributed by atoms with E-state index >= 15 is 0 Å². The van der Waals surface area contributed by atoms with Gasteiger partial charge in [0.15, 0.2) is 0 Å². The summed E-state index contributed by atoms with van der Waals surface area (Å²) < 4.78 is 56.2. The number of carbonyl (C=O) groups is 2. The summed E-state index contributed by atoms with van der Waals surface area (Å²) >= 11 is 2.15. The number of rotatable bonds is 16. The van der Waals surface area contributed by atoms with Crippen LogP contribution in [0, 0.1) is 24.4 Å². The molecule has 12 heteroatoms. The van der Waals surface area contributed by atoms with E-state index in [0.29, 0.717) is 55.8 Å². The Bertz CT molecular complexity index is 2770. The van der Waals surface area contributed by atoms with Gasteiger partial charge in [0.25, 0.3) is 0 Å². The number of hydrogen-bond donors (Lipinski definition) is 3. The number of carbonyl (C=O) groups excluding carboxylic acids is 2. The van der Waals surface area contributed by atoms with Gasteiger partial charge in [-0.15, -0.1) is 0 Å². The van der Waals surface area contributed by atoms with Crippen LogP contribution >= 0.6 is 22.6 Å². The molecule has 0 saturated carbocycles. The van der Waals surface area contributed by atoms with E-state index in [0.717, 1.165) is 33.3 Å². The number of nitrogens with one attached hydrogen (secondary N) is 2. The number of H-pyrrole nitrogens is 2. The van der Waals surface area contributed by atoms with E-state index in [-0.39, 0.29) is 29.0 Å². The lowest BCUT2D eigenvalue weighted by Crippen LogP contribution is -2.38. The Labute approximate surface area is 439 Å². The van der Waals surface area contributed by atoms with Crippen LogP contribution in [0.3, 0.4) is 0 Å². The first-order valence-electron chi connectivity index (χ1n) is 24.1. The topological polar surface area (TPSA) is 114 Å². The molecule has 8 nitrogen and oxygen atoms in total. The lowest BCUT2D eigenvalue weighted by molar-refractivity contribution is -0.120. The Hall–Kier alpha value is -5.60. The summed E-state index contributed by atoms with van der Waals surface area (Å²) in [6.45, 7) is 19.1. The summed E-state index contributed by atoms with van der Waals surface area (Å²) in [5, 5.41) is 13.8. The van der Waals surface area contributed by atoms with Crippen LogP contribution in [-0.2, 0) is 32.3 Å². The van der Waals surface area contributed by atoms with Gasteiger partial charge in [0, 0.05) is 75.6 Å². The fraction of sp³-hybridized carbons (Fsp3) is 0.400. The molecule has 2 heterocycles. The summed E-state index contributed by atoms with van der Waals surface area (Å²) in [5.41, 5.74) is 4.55. The first kappa shape index (κ1) is 60.7. The highest BCUT2D eigenvalue weighted by atomic mass is 127. The number of ketones is 2. The lowest BCUT2D eigenvalue weighted by atomic mass is 9.72. The second kappa shape index (κ2) is 27.5. The molecule has 390 valence electrons. The predicted molar refractivity (Wildman–Crippen MR) is 298 cm³/mol. The smallest absolute Gasteiger partial charge is 0.133 e. The highest BCUT2D eigenvalue weighted by Crippen LogP contribution is 2.41. The number of Topliss-reactive ketones (excluding diaryl/α,β-unsaturated/α-hetero) is 2. The molecule has 0 spiro atoms. The number of alkyl halides is 1. The fourth-order valence-corrected chi connectivity index (χ4v) is 9.09. The summed E-state index contributed by atoms with van der Waals surface area (Å²) in [6.07, 6.45) is 2.87. The SMILES string of the molecule is CCC(=O)CC(C)(C)c1cc(F)ccc1OC.CCC(O)(Cc1cc2ccccc2[nH]1)CC(C)(C)c1cc(F)ccc1OC.CI.COc1ccc(F)cc1C(C)(C)CC(C)=O.Cc1cc2ccccc2[nH]1. The number of ether oxygens (including phenoxy) is 3. The van der Waals surface area contributed by atoms with Gasteiger partial charge in [-0.05, 0) is 127 Å². The third-order valence-corrected chi connectivity index (χ3v) is 12.6. The fourth-order valence-electron chi connectivity index (χ4n) is 9.09. The van der Waals surface area contributed by atoms with Crippen LogP contribution in [0.1, 0.15) is 122 Å². The van der Waals surface area contributed by atoms with Crippen LogP contribution in [0.2, 0.25) is 0 Å². The zero-order valence-corrected chi connectivity index (χ0v) is 46.9. The first-order valence-corrected chi connectivity index (χ1v) is 26.3. The van der Waals surface area contributed by atoms with Crippen LogP contribution in [0.5, 0.6) is 17.2 Å². The summed E-state index contributed by atoms with van der Waals surface area (Å²) in [6, 6.07) is 34.0. The summed E-state index contributed by atoms with van der Waals surface area (Å²) in [7, 11) is 4.68. The minimum atomic E-state index is -0.915. The molecule has 72 heavy (non-hydrogen) atoms. The standard InChI is InChI=1S/C23H28FNO2.C14H19FO2.C13H17FO2.C9H9N.CH3I/c1-5-23(26,14-18-12-16-8-6-7-9-20(16)25-18)15-22(2,3)19-13-17(24)10-11-21(19)27-4;1-5-11(16)9-14(2,3)12-8-10(15)6-7-13(12)17-4;1-9(15)8-13(2,3)11-7-10(14)5-6-12(11)16-4;1-7-6-8-4-2-3-5-9(8)10-7;1-2/h6-13,25-26H,5,14-15H2,1-4H3;6-8H,5,9H2,1-4H3;5-7H,8H2,1-4H3;2-6,10H,1H3;1H3. The summed E-state index contributed by atoms with van der Waals surface area (Å²) in [5.74, 6) is 1.22. The number of aromatic amines is 2. The Morgan fingerprint density at radius 3 is 1.38 bits per heavy atom. The third-order valence-electron chi connectivity index (χ3n) is 12.6. The Morgan fingerprint density at radius 1 is 0.583 bits per heavy atom. The molecule has 1 atom stereocenters. The van der Waals surface area contributed by atoms with Crippen LogP contribution in [0.4, 0.5) is 13.2 Å². The average Bonchev–Trinajstić information content (AvgIpc) is 3.93. The van der Waals surface area contributed by atoms with Gasteiger partial charge in [-0.1, -0.05) is 114 Å². The molecule has 1 unspecified atom stereocenters. The van der Waals surface area contributed by atoms with E-state index < -0.39 is 21.8 Å². The van der Waals surface area contributed by atoms with Gasteiger partial charge < -0.3 is 29.3 Å². The number of fused-ring (bicyclic) bond motifs is 2. The summed E-state index contributed by atoms with van der Waals surface area (Å²) in [4.78, 5) is 31.4. The molecule has 7 aromatic rings. The molecule has 0 amide bonds. The highest BCUT2D eigenvalue weighted by Gasteiger charge is 2.37. The van der Waals surface area contributed by atoms with Crippen LogP contribution in [0.25, 0.3) is 21.8 Å². The maximum atomic E-state index is 13.9. The van der Waals surface area contributed by atoms with E-state index in [1.807, 2.05) is 84.6 Å². The van der Waals surface area contributed by atoms with Gasteiger partial charge in [-0.3, -0.25) is 9.59 Å². The molecule has 0 fully saturated rings. The minimum absolute atomic E-state index is 0.0799. The Kier molecular flexibility index (Phi) is 23.1. The molecule has 0 bridgehead atoms. The molecular weight excluding hydrogens is 1030 g/mol. The van der Waals surface area contributed by atoms with Gasteiger partial charge in [-0.25, -0.2) is 13.2 Å². The number of hydrogen-bond acceptors (Lipinski definition) is 6. The molecule has 0 aliphatic rings. The number of para-hydroxylation sites is 2.